The lowest BCUT2D eigenvalue weighted by Gasteiger charge is -2.37. The Kier molecular flexibility index (Phi) is 8.61. The molecule has 1 aliphatic rings. The Balaban J connectivity index is 1.61. The Morgan fingerprint density at radius 1 is 0.909 bits per heavy atom. The van der Waals surface area contributed by atoms with Crippen LogP contribution in [0.2, 0.25) is 18.1 Å². The molecule has 0 radical (unpaired) electrons. The SMILES string of the molecule is CC(=O)O[C@@H]1[C@H](OC(C)=O)[C@@H](CO[Si](C)(C)C(C)(C)C)O[C@H]1n1c(-c2ccc(-c3ccccc3)cc2)nc2c(N)ncnc21. The summed E-state index contributed by atoms with van der Waals surface area (Å²) >= 11 is 0. The molecule has 5 rings (SSSR count). The fraction of sp³-hybridized carbons (Fsp3) is 0.406. The summed E-state index contributed by atoms with van der Waals surface area (Å²) in [4.78, 5) is 38.2. The molecule has 3 heterocycles. The monoisotopic (exact) mass is 617 g/mol. The van der Waals surface area contributed by atoms with Crippen LogP contribution in [-0.2, 0) is 28.2 Å². The van der Waals surface area contributed by atoms with Gasteiger partial charge in [-0.1, -0.05) is 75.4 Å². The van der Waals surface area contributed by atoms with E-state index in [0.717, 1.165) is 16.7 Å². The highest BCUT2D eigenvalue weighted by Crippen LogP contribution is 2.42. The standard InChI is InChI=1S/C32H39N5O6Si/c1-19(38)41-26-24(17-40-44(6,7)32(3,4)5)43-31(27(26)42-20(2)39)37-29(36-25-28(33)34-18-35-30(25)37)23-15-13-22(14-16-23)21-11-9-8-10-12-21/h8-16,18,24,26-27,31H,17H2,1-7H3,(H2,33,34,35)/t24-,26-,27-,31-/m1/s1. The van der Waals surface area contributed by atoms with E-state index in [-0.39, 0.29) is 17.5 Å². The van der Waals surface area contributed by atoms with Gasteiger partial charge in [0, 0.05) is 19.4 Å². The van der Waals surface area contributed by atoms with Crippen LogP contribution in [0.3, 0.4) is 0 Å². The molecule has 1 saturated heterocycles. The first-order valence-corrected chi connectivity index (χ1v) is 17.5. The van der Waals surface area contributed by atoms with E-state index in [4.69, 9.17) is 29.4 Å². The van der Waals surface area contributed by atoms with Crippen molar-refractivity contribution in [2.75, 3.05) is 12.3 Å². The second-order valence-corrected chi connectivity index (χ2v) is 17.3. The number of esters is 2. The van der Waals surface area contributed by atoms with Gasteiger partial charge in [-0.25, -0.2) is 15.0 Å². The predicted octanol–water partition coefficient (Wildman–Crippen LogP) is 5.53. The molecule has 4 aromatic rings. The Labute approximate surface area is 257 Å². The van der Waals surface area contributed by atoms with Crippen LogP contribution >= 0.6 is 0 Å². The molecule has 0 bridgehead atoms. The van der Waals surface area contributed by atoms with Gasteiger partial charge in [-0.05, 0) is 29.3 Å². The van der Waals surface area contributed by atoms with E-state index in [1.807, 2.05) is 54.6 Å². The Bertz CT molecular complexity index is 1650. The van der Waals surface area contributed by atoms with Gasteiger partial charge in [0.15, 0.2) is 43.7 Å². The minimum atomic E-state index is -2.22. The summed E-state index contributed by atoms with van der Waals surface area (Å²) in [5, 5.41) is -0.0642. The maximum Gasteiger partial charge on any atom is 0.303 e. The fourth-order valence-corrected chi connectivity index (χ4v) is 6.04. The van der Waals surface area contributed by atoms with Crippen LogP contribution in [0.25, 0.3) is 33.7 Å². The van der Waals surface area contributed by atoms with E-state index in [0.29, 0.717) is 17.0 Å². The van der Waals surface area contributed by atoms with E-state index < -0.39 is 44.8 Å². The molecule has 0 unspecified atom stereocenters. The molecule has 1 aliphatic heterocycles. The van der Waals surface area contributed by atoms with E-state index >= 15 is 0 Å². The summed E-state index contributed by atoms with van der Waals surface area (Å²) in [6, 6.07) is 17.9. The molecule has 1 fully saturated rings. The number of hydrogen-bond donors (Lipinski definition) is 1. The van der Waals surface area contributed by atoms with Crippen LogP contribution in [-0.4, -0.2) is 64.7 Å². The lowest BCUT2D eigenvalue weighted by molar-refractivity contribution is -0.165. The lowest BCUT2D eigenvalue weighted by Crippen LogP contribution is -2.46. The predicted molar refractivity (Wildman–Crippen MR) is 169 cm³/mol. The zero-order valence-corrected chi connectivity index (χ0v) is 27.1. The van der Waals surface area contributed by atoms with Gasteiger partial charge in [0.25, 0.3) is 0 Å². The largest absolute Gasteiger partial charge is 0.456 e. The van der Waals surface area contributed by atoms with Crippen molar-refractivity contribution in [2.24, 2.45) is 0 Å². The molecule has 0 saturated carbocycles. The number of nitrogens with two attached hydrogens (primary N) is 1. The third-order valence-electron chi connectivity index (χ3n) is 8.31. The third-order valence-corrected chi connectivity index (χ3v) is 12.8. The summed E-state index contributed by atoms with van der Waals surface area (Å²) in [5.74, 6) is -0.430. The van der Waals surface area contributed by atoms with E-state index in [9.17, 15) is 9.59 Å². The second kappa shape index (κ2) is 12.1. The highest BCUT2D eigenvalue weighted by Gasteiger charge is 2.52. The molecule has 2 aromatic carbocycles. The number of hydrogen-bond acceptors (Lipinski definition) is 10. The minimum Gasteiger partial charge on any atom is -0.456 e. The second-order valence-electron chi connectivity index (χ2n) is 12.5. The Morgan fingerprint density at radius 2 is 1.50 bits per heavy atom. The van der Waals surface area contributed by atoms with Gasteiger partial charge in [-0.15, -0.1) is 0 Å². The zero-order valence-electron chi connectivity index (χ0n) is 26.1. The molecule has 4 atom stereocenters. The smallest absolute Gasteiger partial charge is 0.303 e. The van der Waals surface area contributed by atoms with Crippen molar-refractivity contribution in [3.05, 3.63) is 60.9 Å². The van der Waals surface area contributed by atoms with Crippen LogP contribution in [0.15, 0.2) is 60.9 Å². The van der Waals surface area contributed by atoms with Crippen LogP contribution in [0.1, 0.15) is 40.8 Å². The quantitative estimate of drug-likeness (QED) is 0.198. The van der Waals surface area contributed by atoms with E-state index in [1.54, 1.807) is 4.57 Å². The molecule has 0 spiro atoms. The highest BCUT2D eigenvalue weighted by atomic mass is 28.4. The van der Waals surface area contributed by atoms with Gasteiger partial charge in [-0.3, -0.25) is 14.2 Å². The first-order valence-electron chi connectivity index (χ1n) is 14.5. The third kappa shape index (κ3) is 6.23. The van der Waals surface area contributed by atoms with Gasteiger partial charge in [-0.2, -0.15) is 0 Å². The van der Waals surface area contributed by atoms with Crippen molar-refractivity contribution in [1.82, 2.24) is 19.5 Å². The first kappa shape index (κ1) is 31.3. The van der Waals surface area contributed by atoms with Gasteiger partial charge in [0.2, 0.25) is 0 Å². The normalized spacial score (nSPS) is 20.5. The molecule has 232 valence electrons. The number of carbonyl (C=O) groups is 2. The van der Waals surface area contributed by atoms with Gasteiger partial charge < -0.3 is 24.4 Å². The van der Waals surface area contributed by atoms with Crippen LogP contribution in [0, 0.1) is 0 Å². The topological polar surface area (TPSA) is 141 Å². The highest BCUT2D eigenvalue weighted by molar-refractivity contribution is 6.74. The minimum absolute atomic E-state index is 0.0642. The van der Waals surface area contributed by atoms with Gasteiger partial charge >= 0.3 is 11.9 Å². The van der Waals surface area contributed by atoms with Crippen molar-refractivity contribution in [2.45, 2.75) is 77.3 Å². The fourth-order valence-electron chi connectivity index (χ4n) is 5.02. The number of aromatic nitrogens is 4. The molecule has 0 aliphatic carbocycles. The number of carbonyl (C=O) groups excluding carboxylic acids is 2. The molecule has 11 nitrogen and oxygen atoms in total. The molecule has 12 heteroatoms. The summed E-state index contributed by atoms with van der Waals surface area (Å²) < 4.78 is 26.4. The molecule has 0 amide bonds. The average Bonchev–Trinajstić information content (AvgIpc) is 3.50. The number of anilines is 1. The number of rotatable bonds is 8. The van der Waals surface area contributed by atoms with Gasteiger partial charge in [0.05, 0.1) is 6.61 Å². The summed E-state index contributed by atoms with van der Waals surface area (Å²) in [5.41, 5.74) is 9.85. The maximum atomic E-state index is 12.4. The van der Waals surface area contributed by atoms with Crippen molar-refractivity contribution in [3.63, 3.8) is 0 Å². The average molecular weight is 618 g/mol. The number of benzene rings is 2. The summed E-state index contributed by atoms with van der Waals surface area (Å²) in [6.45, 7) is 13.4. The maximum absolute atomic E-state index is 12.4. The zero-order chi connectivity index (χ0) is 31.8. The van der Waals surface area contributed by atoms with Crippen LogP contribution in [0.4, 0.5) is 5.82 Å². The van der Waals surface area contributed by atoms with Crippen LogP contribution < -0.4 is 5.73 Å². The van der Waals surface area contributed by atoms with Crippen molar-refractivity contribution in [3.8, 4) is 22.5 Å². The molecular formula is C32H39N5O6Si. The van der Waals surface area contributed by atoms with Gasteiger partial charge in [0.1, 0.15) is 18.3 Å². The first-order chi connectivity index (χ1) is 20.8. The van der Waals surface area contributed by atoms with Crippen molar-refractivity contribution >= 4 is 37.2 Å². The number of fused-ring (bicyclic) bond motifs is 1. The van der Waals surface area contributed by atoms with Crippen molar-refractivity contribution < 1.29 is 28.2 Å². The number of imidazole rings is 1. The molecular weight excluding hydrogens is 578 g/mol. The molecule has 2 N–H and O–H groups in total. The van der Waals surface area contributed by atoms with E-state index in [2.05, 4.69) is 43.8 Å². The number of nitrogen functional groups attached to an aromatic ring is 1. The Morgan fingerprint density at radius 3 is 2.11 bits per heavy atom. The number of nitrogens with zero attached hydrogens (tertiary/aromatic N) is 4. The lowest BCUT2D eigenvalue weighted by atomic mass is 10.0. The van der Waals surface area contributed by atoms with Crippen molar-refractivity contribution in [1.29, 1.82) is 0 Å². The van der Waals surface area contributed by atoms with E-state index in [1.165, 1.54) is 20.2 Å². The summed E-state index contributed by atoms with van der Waals surface area (Å²) in [6.07, 6.45) is -2.35. The summed E-state index contributed by atoms with van der Waals surface area (Å²) in [7, 11) is -2.22. The molecule has 44 heavy (non-hydrogen) atoms. The van der Waals surface area contributed by atoms with Crippen LogP contribution in [0.5, 0.6) is 0 Å². The Hall–Kier alpha value is -4.13. The molecule has 2 aromatic heterocycles. The number of ether oxygens (including phenoxy) is 3.